The monoisotopic (exact) mass is 215 g/mol. The summed E-state index contributed by atoms with van der Waals surface area (Å²) in [6.45, 7) is 0.209. The lowest BCUT2D eigenvalue weighted by atomic mass is 10.1. The molecule has 16 heavy (non-hydrogen) atoms. The van der Waals surface area contributed by atoms with E-state index < -0.39 is 6.10 Å². The number of nitrogens with zero attached hydrogens (tertiary/aromatic N) is 1. The number of benzene rings is 1. The Hall–Kier alpha value is -1.87. The minimum absolute atomic E-state index is 0.209. The minimum Gasteiger partial charge on any atom is -0.475 e. The molecule has 0 saturated carbocycles. The van der Waals surface area contributed by atoms with E-state index in [0.29, 0.717) is 5.88 Å². The predicted octanol–water partition coefficient (Wildman–Crippen LogP) is 2.19. The molecule has 1 aromatic carbocycles. The van der Waals surface area contributed by atoms with E-state index in [9.17, 15) is 5.11 Å². The highest BCUT2D eigenvalue weighted by atomic mass is 16.5. The van der Waals surface area contributed by atoms with Gasteiger partial charge in [0.1, 0.15) is 12.7 Å². The van der Waals surface area contributed by atoms with E-state index in [1.165, 1.54) is 0 Å². The first-order valence-corrected chi connectivity index (χ1v) is 5.13. The highest BCUT2D eigenvalue weighted by Gasteiger charge is 2.07. The van der Waals surface area contributed by atoms with Crippen LogP contribution in [0.5, 0.6) is 5.88 Å². The molecule has 0 aliphatic rings. The lowest BCUT2D eigenvalue weighted by Gasteiger charge is -2.11. The van der Waals surface area contributed by atoms with Crippen LogP contribution in [0.15, 0.2) is 54.7 Å². The summed E-state index contributed by atoms with van der Waals surface area (Å²) in [5, 5.41) is 9.83. The van der Waals surface area contributed by atoms with Crippen molar-refractivity contribution in [1.29, 1.82) is 0 Å². The quantitative estimate of drug-likeness (QED) is 0.850. The van der Waals surface area contributed by atoms with Crippen molar-refractivity contribution in [3.8, 4) is 5.88 Å². The van der Waals surface area contributed by atoms with Gasteiger partial charge in [-0.2, -0.15) is 0 Å². The third-order valence-corrected chi connectivity index (χ3v) is 2.21. The van der Waals surface area contributed by atoms with Crippen LogP contribution in [0.3, 0.4) is 0 Å². The number of pyridine rings is 1. The van der Waals surface area contributed by atoms with Gasteiger partial charge in [0.15, 0.2) is 0 Å². The zero-order valence-electron chi connectivity index (χ0n) is 8.78. The number of aromatic nitrogens is 1. The van der Waals surface area contributed by atoms with Crippen molar-refractivity contribution in [2.45, 2.75) is 6.10 Å². The van der Waals surface area contributed by atoms with Crippen molar-refractivity contribution in [2.75, 3.05) is 6.61 Å². The predicted molar refractivity (Wildman–Crippen MR) is 61.1 cm³/mol. The van der Waals surface area contributed by atoms with Crippen molar-refractivity contribution < 1.29 is 9.84 Å². The maximum absolute atomic E-state index is 9.83. The molecule has 1 N–H and O–H groups in total. The summed E-state index contributed by atoms with van der Waals surface area (Å²) in [5.74, 6) is 0.525. The molecule has 0 spiro atoms. The number of hydrogen-bond donors (Lipinski definition) is 1. The Morgan fingerprint density at radius 2 is 1.81 bits per heavy atom. The SMILES string of the molecule is OC(COc1ccccn1)c1ccccc1. The molecule has 0 aliphatic heterocycles. The van der Waals surface area contributed by atoms with Gasteiger partial charge in [-0.25, -0.2) is 4.98 Å². The number of ether oxygens (including phenoxy) is 1. The number of hydrogen-bond acceptors (Lipinski definition) is 3. The van der Waals surface area contributed by atoms with Gasteiger partial charge in [0, 0.05) is 12.3 Å². The first kappa shape index (κ1) is 10.6. The van der Waals surface area contributed by atoms with Crippen LogP contribution in [0.2, 0.25) is 0 Å². The van der Waals surface area contributed by atoms with Crippen LogP contribution < -0.4 is 4.74 Å². The fourth-order valence-corrected chi connectivity index (χ4v) is 1.37. The van der Waals surface area contributed by atoms with Crippen LogP contribution in [-0.4, -0.2) is 16.7 Å². The standard InChI is InChI=1S/C13H13NO2/c15-12(11-6-2-1-3-7-11)10-16-13-8-4-5-9-14-13/h1-9,12,15H,10H2. The second-order valence-corrected chi connectivity index (χ2v) is 3.41. The van der Waals surface area contributed by atoms with Crippen molar-refractivity contribution in [1.82, 2.24) is 4.98 Å². The summed E-state index contributed by atoms with van der Waals surface area (Å²) in [6, 6.07) is 14.8. The first-order valence-electron chi connectivity index (χ1n) is 5.13. The Morgan fingerprint density at radius 3 is 2.50 bits per heavy atom. The number of rotatable bonds is 4. The Bertz CT molecular complexity index is 416. The average Bonchev–Trinajstić information content (AvgIpc) is 2.38. The molecule has 2 aromatic rings. The molecular formula is C13H13NO2. The van der Waals surface area contributed by atoms with Crippen molar-refractivity contribution >= 4 is 0 Å². The van der Waals surface area contributed by atoms with Crippen LogP contribution >= 0.6 is 0 Å². The molecule has 0 bridgehead atoms. The van der Waals surface area contributed by atoms with E-state index in [-0.39, 0.29) is 6.61 Å². The largest absolute Gasteiger partial charge is 0.475 e. The second kappa shape index (κ2) is 5.28. The molecule has 1 heterocycles. The van der Waals surface area contributed by atoms with Gasteiger partial charge < -0.3 is 9.84 Å². The number of aliphatic hydroxyl groups excluding tert-OH is 1. The summed E-state index contributed by atoms with van der Waals surface area (Å²) in [5.41, 5.74) is 0.846. The van der Waals surface area contributed by atoms with Crippen molar-refractivity contribution in [3.63, 3.8) is 0 Å². The highest BCUT2D eigenvalue weighted by molar-refractivity contribution is 5.17. The normalized spacial score (nSPS) is 12.1. The topological polar surface area (TPSA) is 42.4 Å². The van der Waals surface area contributed by atoms with Crippen LogP contribution in [0.4, 0.5) is 0 Å². The van der Waals surface area contributed by atoms with Gasteiger partial charge in [0.25, 0.3) is 0 Å². The van der Waals surface area contributed by atoms with Gasteiger partial charge in [-0.05, 0) is 11.6 Å². The molecule has 82 valence electrons. The lowest BCUT2D eigenvalue weighted by Crippen LogP contribution is -2.09. The van der Waals surface area contributed by atoms with Gasteiger partial charge in [-0.15, -0.1) is 0 Å². The summed E-state index contributed by atoms with van der Waals surface area (Å²) < 4.78 is 5.36. The van der Waals surface area contributed by atoms with E-state index in [1.54, 1.807) is 12.3 Å². The van der Waals surface area contributed by atoms with Crippen LogP contribution in [0, 0.1) is 0 Å². The van der Waals surface area contributed by atoms with Gasteiger partial charge in [0.05, 0.1) is 0 Å². The molecule has 2 rings (SSSR count). The van der Waals surface area contributed by atoms with E-state index in [4.69, 9.17) is 4.74 Å². The molecule has 1 atom stereocenters. The van der Waals surface area contributed by atoms with E-state index in [2.05, 4.69) is 4.98 Å². The van der Waals surface area contributed by atoms with Gasteiger partial charge in [0.2, 0.25) is 5.88 Å². The summed E-state index contributed by atoms with van der Waals surface area (Å²) in [7, 11) is 0. The second-order valence-electron chi connectivity index (χ2n) is 3.41. The molecule has 0 amide bonds. The number of aliphatic hydroxyl groups is 1. The zero-order valence-corrected chi connectivity index (χ0v) is 8.78. The Kier molecular flexibility index (Phi) is 3.51. The maximum atomic E-state index is 9.83. The molecule has 0 radical (unpaired) electrons. The average molecular weight is 215 g/mol. The Morgan fingerprint density at radius 1 is 1.06 bits per heavy atom. The van der Waals surface area contributed by atoms with E-state index >= 15 is 0 Å². The van der Waals surface area contributed by atoms with Gasteiger partial charge in [-0.3, -0.25) is 0 Å². The minimum atomic E-state index is -0.622. The first-order chi connectivity index (χ1) is 7.86. The van der Waals surface area contributed by atoms with Crippen LogP contribution in [0.1, 0.15) is 11.7 Å². The molecule has 1 unspecified atom stereocenters. The third-order valence-electron chi connectivity index (χ3n) is 2.21. The van der Waals surface area contributed by atoms with Gasteiger partial charge >= 0.3 is 0 Å². The van der Waals surface area contributed by atoms with E-state index in [1.807, 2.05) is 42.5 Å². The molecule has 0 saturated heterocycles. The fourth-order valence-electron chi connectivity index (χ4n) is 1.37. The molecule has 3 nitrogen and oxygen atoms in total. The molecule has 3 heteroatoms. The molecule has 0 fully saturated rings. The Labute approximate surface area is 94.3 Å². The zero-order chi connectivity index (χ0) is 11.2. The van der Waals surface area contributed by atoms with E-state index in [0.717, 1.165) is 5.56 Å². The smallest absolute Gasteiger partial charge is 0.213 e. The molecule has 1 aromatic heterocycles. The van der Waals surface area contributed by atoms with Crippen LogP contribution in [0.25, 0.3) is 0 Å². The summed E-state index contributed by atoms with van der Waals surface area (Å²) in [4.78, 5) is 4.01. The molecular weight excluding hydrogens is 202 g/mol. The molecule has 0 aliphatic carbocycles. The summed E-state index contributed by atoms with van der Waals surface area (Å²) >= 11 is 0. The fraction of sp³-hybridized carbons (Fsp3) is 0.154. The van der Waals surface area contributed by atoms with Gasteiger partial charge in [-0.1, -0.05) is 36.4 Å². The lowest BCUT2D eigenvalue weighted by molar-refractivity contribution is 0.105. The van der Waals surface area contributed by atoms with Crippen molar-refractivity contribution in [3.05, 3.63) is 60.3 Å². The van der Waals surface area contributed by atoms with Crippen LogP contribution in [-0.2, 0) is 0 Å². The third kappa shape index (κ3) is 2.81. The van der Waals surface area contributed by atoms with Crippen molar-refractivity contribution in [2.24, 2.45) is 0 Å². The highest BCUT2D eigenvalue weighted by Crippen LogP contribution is 2.13. The Balaban J connectivity index is 1.92. The maximum Gasteiger partial charge on any atom is 0.213 e. The summed E-state index contributed by atoms with van der Waals surface area (Å²) in [6.07, 6.45) is 1.03.